The second-order valence-corrected chi connectivity index (χ2v) is 5.04. The van der Waals surface area contributed by atoms with E-state index in [2.05, 4.69) is 5.32 Å². The summed E-state index contributed by atoms with van der Waals surface area (Å²) in [6.45, 7) is 6.09. The third-order valence-corrected chi connectivity index (χ3v) is 3.24. The third-order valence-electron chi connectivity index (χ3n) is 3.24. The summed E-state index contributed by atoms with van der Waals surface area (Å²) in [7, 11) is 0. The molecule has 0 aromatic rings. The predicted octanol–water partition coefficient (Wildman–Crippen LogP) is 0.635. The molecule has 0 aromatic heterocycles. The molecule has 1 amide bonds. The summed E-state index contributed by atoms with van der Waals surface area (Å²) < 4.78 is 15.4. The summed E-state index contributed by atoms with van der Waals surface area (Å²) in [5.41, 5.74) is -1.60. The maximum absolute atomic E-state index is 12.3. The van der Waals surface area contributed by atoms with Crippen LogP contribution < -0.4 is 5.32 Å². The lowest BCUT2D eigenvalue weighted by Gasteiger charge is -2.41. The Bertz CT molecular complexity index is 565. The largest absolute Gasteiger partial charge is 0.466 e. The summed E-state index contributed by atoms with van der Waals surface area (Å²) in [5.74, 6) is -4.37. The molecule has 3 atom stereocenters. The van der Waals surface area contributed by atoms with E-state index in [9.17, 15) is 14.4 Å². The molecule has 126 valence electrons. The minimum atomic E-state index is -1.60. The molecule has 0 aromatic carbocycles. The Labute approximate surface area is 134 Å². The number of amides is 1. The van der Waals surface area contributed by atoms with Crippen LogP contribution in [0.3, 0.4) is 0 Å². The number of esters is 2. The smallest absolute Gasteiger partial charge is 0.316 e. The lowest BCUT2D eigenvalue weighted by Crippen LogP contribution is -2.60. The van der Waals surface area contributed by atoms with Gasteiger partial charge in [-0.15, -0.1) is 0 Å². The Balaban J connectivity index is 3.36. The molecule has 8 heteroatoms. The molecule has 1 aliphatic heterocycles. The van der Waals surface area contributed by atoms with Crippen LogP contribution >= 0.6 is 0 Å². The van der Waals surface area contributed by atoms with Crippen molar-refractivity contribution in [2.45, 2.75) is 33.4 Å². The van der Waals surface area contributed by atoms with Crippen LogP contribution in [0, 0.1) is 23.2 Å². The van der Waals surface area contributed by atoms with Gasteiger partial charge in [-0.2, -0.15) is 5.26 Å². The molecular weight excluding hydrogens is 304 g/mol. The van der Waals surface area contributed by atoms with E-state index in [1.165, 1.54) is 19.9 Å². The van der Waals surface area contributed by atoms with Gasteiger partial charge in [0.1, 0.15) is 12.0 Å². The van der Waals surface area contributed by atoms with Gasteiger partial charge in [-0.25, -0.2) is 0 Å². The van der Waals surface area contributed by atoms with Gasteiger partial charge in [-0.1, -0.05) is 0 Å². The summed E-state index contributed by atoms with van der Waals surface area (Å²) in [5, 5.41) is 11.6. The molecule has 1 N–H and O–H groups in total. The number of hydrogen-bond donors (Lipinski definition) is 1. The molecule has 0 radical (unpaired) electrons. The molecule has 23 heavy (non-hydrogen) atoms. The molecule has 1 aliphatic rings. The van der Waals surface area contributed by atoms with Crippen LogP contribution in [-0.4, -0.2) is 36.8 Å². The molecule has 0 fully saturated rings. The highest BCUT2D eigenvalue weighted by molar-refractivity contribution is 5.86. The predicted molar refractivity (Wildman–Crippen MR) is 77.2 cm³/mol. The number of allylic oxidation sites excluding steroid dienone is 1. The number of carbonyl (C=O) groups is 3. The molecule has 3 unspecified atom stereocenters. The number of ether oxygens (including phenoxy) is 3. The fourth-order valence-electron chi connectivity index (χ4n) is 2.49. The van der Waals surface area contributed by atoms with Gasteiger partial charge in [0.05, 0.1) is 19.1 Å². The standard InChI is InChI=1S/C15H20N2O6/c1-5-21-13(19)11-7-10(8-16)23-15(4,17-9(3)18)12(11)14(20)22-6-2/h7,11-12H,5-6H2,1-4H3,(H,17,18). The zero-order chi connectivity index (χ0) is 17.6. The molecule has 1 heterocycles. The van der Waals surface area contributed by atoms with Gasteiger partial charge in [0, 0.05) is 6.92 Å². The normalized spacial score (nSPS) is 26.1. The molecule has 0 saturated heterocycles. The van der Waals surface area contributed by atoms with Gasteiger partial charge in [-0.05, 0) is 26.8 Å². The maximum atomic E-state index is 12.3. The van der Waals surface area contributed by atoms with Gasteiger partial charge in [-0.3, -0.25) is 14.4 Å². The van der Waals surface area contributed by atoms with Gasteiger partial charge in [0.15, 0.2) is 11.5 Å². The highest BCUT2D eigenvalue weighted by Gasteiger charge is 2.53. The van der Waals surface area contributed by atoms with Crippen molar-refractivity contribution in [2.75, 3.05) is 13.2 Å². The molecule has 8 nitrogen and oxygen atoms in total. The first-order chi connectivity index (χ1) is 10.8. The lowest BCUT2D eigenvalue weighted by molar-refractivity contribution is -0.178. The zero-order valence-electron chi connectivity index (χ0n) is 13.5. The van der Waals surface area contributed by atoms with Crippen molar-refractivity contribution in [3.63, 3.8) is 0 Å². The maximum Gasteiger partial charge on any atom is 0.316 e. The quantitative estimate of drug-likeness (QED) is 0.738. The molecule has 1 rings (SSSR count). The Morgan fingerprint density at radius 2 is 1.87 bits per heavy atom. The number of nitriles is 1. The highest BCUT2D eigenvalue weighted by Crippen LogP contribution is 2.36. The Kier molecular flexibility index (Phi) is 6.13. The molecule has 0 spiro atoms. The van der Waals surface area contributed by atoms with Gasteiger partial charge >= 0.3 is 11.9 Å². The number of nitrogens with zero attached hydrogens (tertiary/aromatic N) is 1. The van der Waals surface area contributed by atoms with E-state index in [1.807, 2.05) is 0 Å². The van der Waals surface area contributed by atoms with Crippen molar-refractivity contribution in [1.29, 1.82) is 5.26 Å². The van der Waals surface area contributed by atoms with Crippen molar-refractivity contribution >= 4 is 17.8 Å². The Hall–Kier alpha value is -2.56. The van der Waals surface area contributed by atoms with Crippen LogP contribution in [0.5, 0.6) is 0 Å². The summed E-state index contributed by atoms with van der Waals surface area (Å²) in [4.78, 5) is 36.0. The van der Waals surface area contributed by atoms with E-state index in [4.69, 9.17) is 19.5 Å². The van der Waals surface area contributed by atoms with Crippen molar-refractivity contribution in [2.24, 2.45) is 11.8 Å². The van der Waals surface area contributed by atoms with Crippen LogP contribution in [0.4, 0.5) is 0 Å². The molecule has 0 bridgehead atoms. The van der Waals surface area contributed by atoms with Crippen LogP contribution in [-0.2, 0) is 28.6 Å². The minimum absolute atomic E-state index is 0.0931. The van der Waals surface area contributed by atoms with Crippen molar-refractivity contribution in [3.8, 4) is 6.07 Å². The fourth-order valence-corrected chi connectivity index (χ4v) is 2.49. The average molecular weight is 324 g/mol. The summed E-state index contributed by atoms with van der Waals surface area (Å²) in [6, 6.07) is 1.78. The number of nitrogens with one attached hydrogen (secondary N) is 1. The van der Waals surface area contributed by atoms with E-state index >= 15 is 0 Å². The minimum Gasteiger partial charge on any atom is -0.466 e. The first-order valence-corrected chi connectivity index (χ1v) is 7.22. The van der Waals surface area contributed by atoms with Crippen molar-refractivity contribution in [3.05, 3.63) is 11.8 Å². The first-order valence-electron chi connectivity index (χ1n) is 7.22. The van der Waals surface area contributed by atoms with Crippen LogP contribution in [0.15, 0.2) is 11.8 Å². The summed E-state index contributed by atoms with van der Waals surface area (Å²) >= 11 is 0. The first kappa shape index (κ1) is 18.5. The summed E-state index contributed by atoms with van der Waals surface area (Å²) in [6.07, 6.45) is 1.21. The van der Waals surface area contributed by atoms with E-state index in [-0.39, 0.29) is 19.0 Å². The van der Waals surface area contributed by atoms with Gasteiger partial charge < -0.3 is 19.5 Å². The van der Waals surface area contributed by atoms with Crippen LogP contribution in [0.25, 0.3) is 0 Å². The van der Waals surface area contributed by atoms with Crippen LogP contribution in [0.1, 0.15) is 27.7 Å². The topological polar surface area (TPSA) is 115 Å². The fraction of sp³-hybridized carbons (Fsp3) is 0.600. The molecule has 0 aliphatic carbocycles. The Morgan fingerprint density at radius 1 is 1.30 bits per heavy atom. The monoisotopic (exact) mass is 324 g/mol. The van der Waals surface area contributed by atoms with Crippen molar-refractivity contribution < 1.29 is 28.6 Å². The van der Waals surface area contributed by atoms with E-state index in [1.54, 1.807) is 19.9 Å². The van der Waals surface area contributed by atoms with Gasteiger partial charge in [0.25, 0.3) is 0 Å². The zero-order valence-corrected chi connectivity index (χ0v) is 13.5. The van der Waals surface area contributed by atoms with E-state index < -0.39 is 35.4 Å². The van der Waals surface area contributed by atoms with Crippen molar-refractivity contribution in [1.82, 2.24) is 5.32 Å². The van der Waals surface area contributed by atoms with Gasteiger partial charge in [0.2, 0.25) is 5.91 Å². The van der Waals surface area contributed by atoms with Crippen LogP contribution in [0.2, 0.25) is 0 Å². The number of hydrogen-bond acceptors (Lipinski definition) is 7. The van der Waals surface area contributed by atoms with E-state index in [0.29, 0.717) is 0 Å². The highest BCUT2D eigenvalue weighted by atomic mass is 16.6. The van der Waals surface area contributed by atoms with E-state index in [0.717, 1.165) is 0 Å². The molecular formula is C15H20N2O6. The number of carbonyl (C=O) groups excluding carboxylic acids is 3. The SMILES string of the molecule is CCOC(=O)C1C=C(C#N)OC(C)(NC(C)=O)C1C(=O)OCC. The molecule has 0 saturated carbocycles. The lowest BCUT2D eigenvalue weighted by atomic mass is 9.81. The second kappa shape index (κ2) is 7.63. The second-order valence-electron chi connectivity index (χ2n) is 5.04. The average Bonchev–Trinajstić information content (AvgIpc) is 2.45. The third kappa shape index (κ3) is 4.22. The Morgan fingerprint density at radius 3 is 2.35 bits per heavy atom. The number of rotatable bonds is 5.